The minimum absolute atomic E-state index is 0.0581. The summed E-state index contributed by atoms with van der Waals surface area (Å²) in [7, 11) is 0. The minimum atomic E-state index is -0.0885. The van der Waals surface area contributed by atoms with Gasteiger partial charge in [0.25, 0.3) is 0 Å². The van der Waals surface area contributed by atoms with E-state index in [0.29, 0.717) is 70.5 Å². The second-order valence-corrected chi connectivity index (χ2v) is 7.99. The number of ether oxygens (including phenoxy) is 2. The van der Waals surface area contributed by atoms with E-state index in [9.17, 15) is 4.79 Å². The molecule has 0 unspecified atom stereocenters. The predicted octanol–water partition coefficient (Wildman–Crippen LogP) is 0.677. The zero-order chi connectivity index (χ0) is 26.8. The van der Waals surface area contributed by atoms with Gasteiger partial charge < -0.3 is 41.6 Å². The van der Waals surface area contributed by atoms with Gasteiger partial charge in [0.15, 0.2) is 0 Å². The number of aliphatic hydroxyl groups is 1. The number of nitrogens with one attached hydrogen (secondary N) is 4. The second kappa shape index (κ2) is 16.8. The molecule has 13 nitrogen and oxygen atoms in total. The van der Waals surface area contributed by atoms with Crippen LogP contribution in [0.5, 0.6) is 0 Å². The van der Waals surface area contributed by atoms with Crippen LogP contribution in [-0.2, 0) is 27.2 Å². The number of aliphatic hydroxyl groups excluding tert-OH is 1. The second-order valence-electron chi connectivity index (χ2n) is 7.99. The first kappa shape index (κ1) is 28.7. The fourth-order valence-corrected chi connectivity index (χ4v) is 3.18. The number of benzene rings is 1. The summed E-state index contributed by atoms with van der Waals surface area (Å²) < 4.78 is 10.6. The van der Waals surface area contributed by atoms with Gasteiger partial charge >= 0.3 is 0 Å². The Hall–Kier alpha value is -3.91. The number of hydrogen-bond acceptors (Lipinski definition) is 12. The van der Waals surface area contributed by atoms with Crippen LogP contribution in [0, 0.1) is 0 Å². The van der Waals surface area contributed by atoms with E-state index in [1.54, 1.807) is 6.20 Å². The molecular formula is C25H35N9O4. The number of anilines is 4. The molecule has 1 amide bonds. The van der Waals surface area contributed by atoms with Crippen molar-refractivity contribution in [3.63, 3.8) is 0 Å². The third kappa shape index (κ3) is 11.0. The molecule has 0 radical (unpaired) electrons. The number of carbonyl (C=O) groups excluding carboxylic acids is 1. The molecule has 0 aliphatic carbocycles. The van der Waals surface area contributed by atoms with E-state index in [0.717, 1.165) is 16.9 Å². The lowest BCUT2D eigenvalue weighted by atomic mass is 10.1. The third-order valence-electron chi connectivity index (χ3n) is 4.96. The maximum atomic E-state index is 12.2. The molecule has 1 aromatic carbocycles. The van der Waals surface area contributed by atoms with Crippen molar-refractivity contribution in [2.45, 2.75) is 13.0 Å². The lowest BCUT2D eigenvalue weighted by Crippen LogP contribution is -2.29. The summed E-state index contributed by atoms with van der Waals surface area (Å²) in [4.78, 5) is 29.6. The summed E-state index contributed by atoms with van der Waals surface area (Å²) in [5, 5.41) is 21.2. The molecule has 3 rings (SSSR count). The molecule has 3 aromatic rings. The van der Waals surface area contributed by atoms with Gasteiger partial charge in [0, 0.05) is 31.5 Å². The number of amides is 1. The number of nitrogens with two attached hydrogens (primary N) is 1. The van der Waals surface area contributed by atoms with E-state index in [1.807, 2.05) is 42.5 Å². The van der Waals surface area contributed by atoms with E-state index < -0.39 is 0 Å². The van der Waals surface area contributed by atoms with Crippen LogP contribution in [0.3, 0.4) is 0 Å². The lowest BCUT2D eigenvalue weighted by Gasteiger charge is -2.11. The van der Waals surface area contributed by atoms with Gasteiger partial charge in [-0.3, -0.25) is 9.78 Å². The van der Waals surface area contributed by atoms with Crippen LogP contribution in [0.4, 0.5) is 23.5 Å². The highest BCUT2D eigenvalue weighted by atomic mass is 16.5. The van der Waals surface area contributed by atoms with E-state index in [1.165, 1.54) is 0 Å². The summed E-state index contributed by atoms with van der Waals surface area (Å²) >= 11 is 0. The van der Waals surface area contributed by atoms with Gasteiger partial charge in [-0.05, 0) is 29.8 Å². The normalized spacial score (nSPS) is 10.7. The van der Waals surface area contributed by atoms with Gasteiger partial charge in [0.05, 0.1) is 51.7 Å². The van der Waals surface area contributed by atoms with Crippen molar-refractivity contribution in [1.82, 2.24) is 25.3 Å². The van der Waals surface area contributed by atoms with Gasteiger partial charge in [-0.15, -0.1) is 0 Å². The highest BCUT2D eigenvalue weighted by Gasteiger charge is 2.08. The Bertz CT molecular complexity index is 1090. The van der Waals surface area contributed by atoms with E-state index in [-0.39, 0.29) is 18.9 Å². The third-order valence-corrected chi connectivity index (χ3v) is 4.96. The minimum Gasteiger partial charge on any atom is -0.395 e. The fourth-order valence-electron chi connectivity index (χ4n) is 3.18. The van der Waals surface area contributed by atoms with Crippen LogP contribution in [0.25, 0.3) is 0 Å². The molecule has 2 aromatic heterocycles. The van der Waals surface area contributed by atoms with Crippen molar-refractivity contribution in [2.24, 2.45) is 5.73 Å². The van der Waals surface area contributed by atoms with Crippen molar-refractivity contribution < 1.29 is 19.4 Å². The zero-order valence-electron chi connectivity index (χ0n) is 21.2. The van der Waals surface area contributed by atoms with Gasteiger partial charge in [0.1, 0.15) is 0 Å². The average Bonchev–Trinajstić information content (AvgIpc) is 2.94. The Morgan fingerprint density at radius 3 is 2.32 bits per heavy atom. The fraction of sp³-hybridized carbons (Fsp3) is 0.400. The monoisotopic (exact) mass is 525 g/mol. The molecule has 0 saturated carbocycles. The molecule has 0 atom stereocenters. The van der Waals surface area contributed by atoms with E-state index >= 15 is 0 Å². The van der Waals surface area contributed by atoms with Crippen molar-refractivity contribution in [3.8, 4) is 0 Å². The van der Waals surface area contributed by atoms with Crippen molar-refractivity contribution in [2.75, 3.05) is 68.6 Å². The highest BCUT2D eigenvalue weighted by Crippen LogP contribution is 2.17. The summed E-state index contributed by atoms with van der Waals surface area (Å²) in [5.74, 6) is 0.909. The Morgan fingerprint density at radius 2 is 1.61 bits per heavy atom. The highest BCUT2D eigenvalue weighted by molar-refractivity contribution is 5.78. The number of rotatable bonds is 18. The number of pyridine rings is 1. The smallest absolute Gasteiger partial charge is 0.233 e. The lowest BCUT2D eigenvalue weighted by molar-refractivity contribution is -0.120. The molecule has 0 aliphatic heterocycles. The Kier molecular flexibility index (Phi) is 12.6. The summed E-state index contributed by atoms with van der Waals surface area (Å²) in [6.07, 6.45) is 1.97. The maximum absolute atomic E-state index is 12.2. The van der Waals surface area contributed by atoms with Gasteiger partial charge in [-0.2, -0.15) is 15.0 Å². The van der Waals surface area contributed by atoms with Crippen LogP contribution >= 0.6 is 0 Å². The predicted molar refractivity (Wildman–Crippen MR) is 144 cm³/mol. The first-order valence-corrected chi connectivity index (χ1v) is 12.4. The zero-order valence-corrected chi connectivity index (χ0v) is 21.2. The van der Waals surface area contributed by atoms with Gasteiger partial charge in [0.2, 0.25) is 23.8 Å². The molecule has 13 heteroatoms. The largest absolute Gasteiger partial charge is 0.395 e. The van der Waals surface area contributed by atoms with E-state index in [2.05, 4.69) is 41.2 Å². The number of hydrogen-bond donors (Lipinski definition) is 6. The summed E-state index contributed by atoms with van der Waals surface area (Å²) in [6.45, 7) is 3.48. The molecule has 0 saturated heterocycles. The van der Waals surface area contributed by atoms with Crippen molar-refractivity contribution in [3.05, 3.63) is 59.9 Å². The molecule has 38 heavy (non-hydrogen) atoms. The first-order chi connectivity index (χ1) is 18.7. The van der Waals surface area contributed by atoms with Crippen LogP contribution in [0.2, 0.25) is 0 Å². The quantitative estimate of drug-likeness (QED) is 0.128. The number of carbonyl (C=O) groups is 1. The van der Waals surface area contributed by atoms with Gasteiger partial charge in [-0.25, -0.2) is 0 Å². The summed E-state index contributed by atoms with van der Waals surface area (Å²) in [6, 6.07) is 13.1. The number of nitrogens with zero attached hydrogens (tertiary/aromatic N) is 4. The molecule has 0 aliphatic rings. The van der Waals surface area contributed by atoms with Crippen LogP contribution in [0.1, 0.15) is 11.3 Å². The Morgan fingerprint density at radius 1 is 0.868 bits per heavy atom. The number of aromatic nitrogens is 4. The Balaban J connectivity index is 1.49. The topological polar surface area (TPSA) is 181 Å². The molecule has 0 bridgehead atoms. The first-order valence-electron chi connectivity index (χ1n) is 12.4. The van der Waals surface area contributed by atoms with Crippen LogP contribution in [0.15, 0.2) is 48.7 Å². The van der Waals surface area contributed by atoms with Crippen LogP contribution < -0.4 is 27.0 Å². The molecular weight excluding hydrogens is 490 g/mol. The average molecular weight is 526 g/mol. The SMILES string of the molecule is NCCOCCOCCNC(=O)Cc1ccc(Nc2nc(NCCO)nc(NCc3ccccn3)n2)cc1. The molecule has 7 N–H and O–H groups in total. The Labute approximate surface area is 221 Å². The van der Waals surface area contributed by atoms with Crippen molar-refractivity contribution in [1.29, 1.82) is 0 Å². The molecule has 204 valence electrons. The van der Waals surface area contributed by atoms with E-state index in [4.69, 9.17) is 20.3 Å². The standard InChI is InChI=1S/C25H35N9O4/c26-8-13-37-15-16-38-14-11-28-22(36)17-19-4-6-20(7-5-19)31-25-33-23(29-10-12-35)32-24(34-25)30-18-21-3-1-2-9-27-21/h1-7,9,35H,8,10-18,26H2,(H,28,36)(H3,29,30,31,32,33,34). The van der Waals surface area contributed by atoms with Crippen LogP contribution in [-0.4, -0.2) is 83.6 Å². The van der Waals surface area contributed by atoms with Crippen molar-refractivity contribution >= 4 is 29.4 Å². The molecule has 0 spiro atoms. The molecule has 2 heterocycles. The van der Waals surface area contributed by atoms with Gasteiger partial charge in [-0.1, -0.05) is 18.2 Å². The summed E-state index contributed by atoms with van der Waals surface area (Å²) in [5.41, 5.74) is 7.79. The molecule has 0 fully saturated rings. The maximum Gasteiger partial charge on any atom is 0.233 e.